The second-order valence-corrected chi connectivity index (χ2v) is 7.23. The van der Waals surface area contributed by atoms with Gasteiger partial charge in [-0.3, -0.25) is 4.79 Å². The van der Waals surface area contributed by atoms with Gasteiger partial charge in [0.1, 0.15) is 17.4 Å². The van der Waals surface area contributed by atoms with E-state index in [-0.39, 0.29) is 18.5 Å². The van der Waals surface area contributed by atoms with Crippen LogP contribution in [0.2, 0.25) is 0 Å². The number of carbonyl (C=O) groups is 1. The average molecular weight is 389 g/mol. The molecular formula is C22H25F2NO3. The number of nitrogens with one attached hydrogen (secondary N) is 1. The molecule has 1 aliphatic rings. The van der Waals surface area contributed by atoms with Gasteiger partial charge < -0.3 is 15.2 Å². The Morgan fingerprint density at radius 1 is 1.14 bits per heavy atom. The van der Waals surface area contributed by atoms with Crippen LogP contribution in [0.15, 0.2) is 36.4 Å². The van der Waals surface area contributed by atoms with Gasteiger partial charge in [0, 0.05) is 18.5 Å². The second-order valence-electron chi connectivity index (χ2n) is 7.23. The van der Waals surface area contributed by atoms with Crippen molar-refractivity contribution in [2.45, 2.75) is 38.6 Å². The highest BCUT2D eigenvalue weighted by atomic mass is 19.1. The Labute approximate surface area is 163 Å². The van der Waals surface area contributed by atoms with Gasteiger partial charge in [-0.05, 0) is 67.1 Å². The van der Waals surface area contributed by atoms with Gasteiger partial charge in [0.25, 0.3) is 0 Å². The third-order valence-electron chi connectivity index (χ3n) is 5.06. The van der Waals surface area contributed by atoms with Crippen molar-refractivity contribution in [3.63, 3.8) is 0 Å². The normalized spacial score (nSPS) is 13.9. The molecule has 28 heavy (non-hydrogen) atoms. The monoisotopic (exact) mass is 389 g/mol. The van der Waals surface area contributed by atoms with Gasteiger partial charge in [0.15, 0.2) is 0 Å². The summed E-state index contributed by atoms with van der Waals surface area (Å²) in [6.07, 6.45) is 4.08. The Morgan fingerprint density at radius 3 is 2.54 bits per heavy atom. The first kappa shape index (κ1) is 20.3. The van der Waals surface area contributed by atoms with Crippen LogP contribution in [0.25, 0.3) is 11.1 Å². The molecule has 0 radical (unpaired) electrons. The topological polar surface area (TPSA) is 58.6 Å². The number of carboxylic acid groups (broad SMARTS) is 1. The maximum absolute atomic E-state index is 14.4. The summed E-state index contributed by atoms with van der Waals surface area (Å²) in [6.45, 7) is 1.08. The summed E-state index contributed by atoms with van der Waals surface area (Å²) in [5.74, 6) is -0.819. The zero-order valence-electron chi connectivity index (χ0n) is 15.7. The molecule has 2 aromatic carbocycles. The first-order chi connectivity index (χ1) is 13.5. The van der Waals surface area contributed by atoms with Gasteiger partial charge in [-0.25, -0.2) is 8.78 Å². The van der Waals surface area contributed by atoms with E-state index in [0.29, 0.717) is 42.4 Å². The third-order valence-corrected chi connectivity index (χ3v) is 5.06. The van der Waals surface area contributed by atoms with Gasteiger partial charge in [0.05, 0.1) is 6.61 Å². The second kappa shape index (κ2) is 9.64. The van der Waals surface area contributed by atoms with Crippen molar-refractivity contribution >= 4 is 5.97 Å². The summed E-state index contributed by atoms with van der Waals surface area (Å²) in [5, 5.41) is 11.5. The standard InChI is InChI=1S/C22H25F2NO3/c23-20-11-17(12-21(24)19(20)13-25-9-3-8-22(26)27)16-6-2-7-18(10-16)28-14-15-4-1-5-15/h2,6-7,10-12,15,25H,1,3-5,8-9,13-14H2,(H,26,27). The minimum Gasteiger partial charge on any atom is -0.493 e. The lowest BCUT2D eigenvalue weighted by atomic mass is 9.86. The summed E-state index contributed by atoms with van der Waals surface area (Å²) < 4.78 is 34.7. The van der Waals surface area contributed by atoms with E-state index in [1.165, 1.54) is 31.4 Å². The number of aliphatic carboxylic acids is 1. The number of rotatable bonds is 10. The van der Waals surface area contributed by atoms with Gasteiger partial charge in [0.2, 0.25) is 0 Å². The van der Waals surface area contributed by atoms with Crippen molar-refractivity contribution < 1.29 is 23.4 Å². The first-order valence-electron chi connectivity index (χ1n) is 9.66. The Hall–Kier alpha value is -2.47. The number of hydrogen-bond donors (Lipinski definition) is 2. The molecule has 1 saturated carbocycles. The highest BCUT2D eigenvalue weighted by Crippen LogP contribution is 2.30. The SMILES string of the molecule is O=C(O)CCCNCc1c(F)cc(-c2cccc(OCC3CCC3)c2)cc1F. The van der Waals surface area contributed by atoms with Crippen LogP contribution in [-0.4, -0.2) is 24.2 Å². The maximum Gasteiger partial charge on any atom is 0.303 e. The molecule has 1 fully saturated rings. The third kappa shape index (κ3) is 5.52. The molecule has 0 saturated heterocycles. The van der Waals surface area contributed by atoms with Crippen LogP contribution in [-0.2, 0) is 11.3 Å². The van der Waals surface area contributed by atoms with E-state index in [2.05, 4.69) is 5.32 Å². The number of carboxylic acids is 1. The fraction of sp³-hybridized carbons (Fsp3) is 0.409. The lowest BCUT2D eigenvalue weighted by Gasteiger charge is -2.25. The molecule has 3 rings (SSSR count). The van der Waals surface area contributed by atoms with Crippen LogP contribution in [0.5, 0.6) is 5.75 Å². The first-order valence-corrected chi connectivity index (χ1v) is 9.66. The van der Waals surface area contributed by atoms with Crippen molar-refractivity contribution in [2.24, 2.45) is 5.92 Å². The van der Waals surface area contributed by atoms with Crippen LogP contribution in [0, 0.1) is 17.6 Å². The smallest absolute Gasteiger partial charge is 0.303 e. The van der Waals surface area contributed by atoms with E-state index in [9.17, 15) is 13.6 Å². The van der Waals surface area contributed by atoms with Crippen molar-refractivity contribution in [3.8, 4) is 16.9 Å². The lowest BCUT2D eigenvalue weighted by molar-refractivity contribution is -0.137. The van der Waals surface area contributed by atoms with Gasteiger partial charge in [-0.2, -0.15) is 0 Å². The zero-order valence-corrected chi connectivity index (χ0v) is 15.7. The van der Waals surface area contributed by atoms with Crippen molar-refractivity contribution in [3.05, 3.63) is 53.6 Å². The number of benzene rings is 2. The quantitative estimate of drug-likeness (QED) is 0.575. The van der Waals surface area contributed by atoms with Crippen molar-refractivity contribution in [2.75, 3.05) is 13.2 Å². The minimum atomic E-state index is -0.887. The van der Waals surface area contributed by atoms with E-state index in [1.807, 2.05) is 12.1 Å². The van der Waals surface area contributed by atoms with Crippen LogP contribution in [0.1, 0.15) is 37.7 Å². The van der Waals surface area contributed by atoms with Crippen LogP contribution < -0.4 is 10.1 Å². The summed E-state index contributed by atoms with van der Waals surface area (Å²) >= 11 is 0. The number of ether oxygens (including phenoxy) is 1. The largest absolute Gasteiger partial charge is 0.493 e. The predicted molar refractivity (Wildman–Crippen MR) is 103 cm³/mol. The van der Waals surface area contributed by atoms with E-state index < -0.39 is 17.6 Å². The number of halogens is 2. The average Bonchev–Trinajstić information content (AvgIpc) is 2.62. The van der Waals surface area contributed by atoms with Gasteiger partial charge in [-0.15, -0.1) is 0 Å². The molecule has 2 aromatic rings. The van der Waals surface area contributed by atoms with E-state index >= 15 is 0 Å². The minimum absolute atomic E-state index is 0.0160. The van der Waals surface area contributed by atoms with E-state index in [4.69, 9.17) is 9.84 Å². The zero-order chi connectivity index (χ0) is 19.9. The molecule has 4 nitrogen and oxygen atoms in total. The molecular weight excluding hydrogens is 364 g/mol. The van der Waals surface area contributed by atoms with Gasteiger partial charge >= 0.3 is 5.97 Å². The van der Waals surface area contributed by atoms with Crippen LogP contribution >= 0.6 is 0 Å². The Balaban J connectivity index is 1.63. The summed E-state index contributed by atoms with van der Waals surface area (Å²) in [6, 6.07) is 9.92. The number of hydrogen-bond acceptors (Lipinski definition) is 3. The molecule has 1 aliphatic carbocycles. The molecule has 0 heterocycles. The molecule has 0 amide bonds. The summed E-state index contributed by atoms with van der Waals surface area (Å²) in [5.41, 5.74) is 1.11. The Kier molecular flexibility index (Phi) is 6.98. The van der Waals surface area contributed by atoms with Crippen molar-refractivity contribution in [1.29, 1.82) is 0 Å². The highest BCUT2D eigenvalue weighted by molar-refractivity contribution is 5.66. The molecule has 0 bridgehead atoms. The molecule has 2 N–H and O–H groups in total. The van der Waals surface area contributed by atoms with Gasteiger partial charge in [-0.1, -0.05) is 18.6 Å². The fourth-order valence-corrected chi connectivity index (χ4v) is 3.16. The van der Waals surface area contributed by atoms with E-state index in [0.717, 1.165) is 0 Å². The molecule has 0 aliphatic heterocycles. The Morgan fingerprint density at radius 2 is 1.89 bits per heavy atom. The maximum atomic E-state index is 14.4. The molecule has 6 heteroatoms. The molecule has 0 aromatic heterocycles. The molecule has 0 spiro atoms. The van der Waals surface area contributed by atoms with Crippen LogP contribution in [0.3, 0.4) is 0 Å². The highest BCUT2D eigenvalue weighted by Gasteiger charge is 2.18. The summed E-state index contributed by atoms with van der Waals surface area (Å²) in [4.78, 5) is 10.5. The Bertz CT molecular complexity index is 798. The lowest BCUT2D eigenvalue weighted by Crippen LogP contribution is -2.19. The molecule has 0 unspecified atom stereocenters. The van der Waals surface area contributed by atoms with Crippen molar-refractivity contribution in [1.82, 2.24) is 5.32 Å². The molecule has 0 atom stereocenters. The van der Waals surface area contributed by atoms with E-state index in [1.54, 1.807) is 12.1 Å². The summed E-state index contributed by atoms with van der Waals surface area (Å²) in [7, 11) is 0. The fourth-order valence-electron chi connectivity index (χ4n) is 3.16. The molecule has 150 valence electrons. The van der Waals surface area contributed by atoms with Crippen LogP contribution in [0.4, 0.5) is 8.78 Å². The predicted octanol–water partition coefficient (Wildman–Crippen LogP) is 4.77.